The van der Waals surface area contributed by atoms with Gasteiger partial charge in [0.25, 0.3) is 0 Å². The maximum absolute atomic E-state index is 14.7. The predicted octanol–water partition coefficient (Wildman–Crippen LogP) is 6.06. The second-order valence-electron chi connectivity index (χ2n) is 5.92. The average Bonchev–Trinajstić information content (AvgIpc) is 3.42. The van der Waals surface area contributed by atoms with Gasteiger partial charge in [0.1, 0.15) is 16.5 Å². The first-order chi connectivity index (χ1) is 13.2. The van der Waals surface area contributed by atoms with E-state index in [0.717, 1.165) is 10.6 Å². The number of fused-ring (bicyclic) bond motifs is 1. The van der Waals surface area contributed by atoms with E-state index in [0.29, 0.717) is 22.5 Å². The van der Waals surface area contributed by atoms with Crippen molar-refractivity contribution >= 4 is 54.2 Å². The first kappa shape index (κ1) is 23.8. The van der Waals surface area contributed by atoms with Crippen LogP contribution in [0.15, 0.2) is 60.5 Å². The van der Waals surface area contributed by atoms with Gasteiger partial charge in [0, 0.05) is 34.5 Å². The minimum Gasteiger partial charge on any atom is -0.294 e. The zero-order valence-electron chi connectivity index (χ0n) is 15.0. The minimum absolute atomic E-state index is 0. The summed E-state index contributed by atoms with van der Waals surface area (Å²) in [4.78, 5) is 8.46. The second-order valence-corrected chi connectivity index (χ2v) is 6.81. The number of nitrogens with one attached hydrogen (secondary N) is 1. The lowest BCUT2D eigenvalue weighted by Gasteiger charge is -2.07. The number of hydrogen-bond donors (Lipinski definition) is 1. The number of benzene rings is 1. The Balaban J connectivity index is 0.00000107. The van der Waals surface area contributed by atoms with Crippen molar-refractivity contribution < 1.29 is 8.78 Å². The number of halogens is 5. The fourth-order valence-corrected chi connectivity index (χ4v) is 3.69. The van der Waals surface area contributed by atoms with Crippen molar-refractivity contribution in [2.45, 2.75) is 0 Å². The van der Waals surface area contributed by atoms with Gasteiger partial charge in [0.2, 0.25) is 0 Å². The molecular weight excluding hydrogens is 475 g/mol. The van der Waals surface area contributed by atoms with Crippen molar-refractivity contribution in [3.63, 3.8) is 0 Å². The standard InChI is InChI=1S/C19H11F2N5S.3ClH/c20-13-3-1-11(2-4-13)17-14(8-24-25-17)12-7-15(21)18-23-9-16(26(18)10-12)19-22-5-6-27-19;;;/h1-10H,(H,24,25);3*1H. The van der Waals surface area contributed by atoms with Gasteiger partial charge < -0.3 is 0 Å². The lowest BCUT2D eigenvalue weighted by atomic mass is 10.0. The Kier molecular flexibility index (Phi) is 7.54. The number of aromatic amines is 1. The van der Waals surface area contributed by atoms with Gasteiger partial charge in [-0.3, -0.25) is 9.50 Å². The molecule has 0 saturated carbocycles. The molecule has 0 atom stereocenters. The summed E-state index contributed by atoms with van der Waals surface area (Å²) < 4.78 is 29.6. The molecule has 0 amide bonds. The number of nitrogens with zero attached hydrogens (tertiary/aromatic N) is 4. The van der Waals surface area contributed by atoms with Crippen LogP contribution in [0.1, 0.15) is 0 Å². The zero-order chi connectivity index (χ0) is 18.4. The highest BCUT2D eigenvalue weighted by atomic mass is 35.5. The van der Waals surface area contributed by atoms with E-state index in [-0.39, 0.29) is 48.7 Å². The fraction of sp³-hybridized carbons (Fsp3) is 0. The highest BCUT2D eigenvalue weighted by Gasteiger charge is 2.16. The average molecular weight is 489 g/mol. The Labute approximate surface area is 192 Å². The smallest absolute Gasteiger partial charge is 0.173 e. The monoisotopic (exact) mass is 487 g/mol. The normalized spacial score (nSPS) is 10.2. The minimum atomic E-state index is -0.443. The summed E-state index contributed by atoms with van der Waals surface area (Å²) in [6, 6.07) is 7.48. The van der Waals surface area contributed by atoms with E-state index in [1.165, 1.54) is 29.5 Å². The Morgan fingerprint density at radius 2 is 1.70 bits per heavy atom. The van der Waals surface area contributed by atoms with Crippen LogP contribution < -0.4 is 0 Å². The van der Waals surface area contributed by atoms with Gasteiger partial charge in [0.05, 0.1) is 18.1 Å². The molecular formula is C19H14Cl3F2N5S. The Bertz CT molecular complexity index is 1250. The lowest BCUT2D eigenvalue weighted by molar-refractivity contribution is 0.628. The second kappa shape index (κ2) is 9.53. The molecule has 0 fully saturated rings. The van der Waals surface area contributed by atoms with E-state index in [9.17, 15) is 8.78 Å². The van der Waals surface area contributed by atoms with Crippen molar-refractivity contribution in [1.82, 2.24) is 24.6 Å². The number of thiazole rings is 1. The first-order valence-corrected chi connectivity index (χ1v) is 8.95. The van der Waals surface area contributed by atoms with Crippen LogP contribution in [-0.4, -0.2) is 24.6 Å². The molecule has 0 saturated heterocycles. The summed E-state index contributed by atoms with van der Waals surface area (Å²) in [6.45, 7) is 0. The molecule has 11 heteroatoms. The molecule has 5 nitrogen and oxygen atoms in total. The SMILES string of the molecule is Cl.Cl.Cl.Fc1ccc(-c2[nH]ncc2-c2cc(F)c3ncc(-c4nccs4)n3c2)cc1. The van der Waals surface area contributed by atoms with Crippen molar-refractivity contribution in [3.8, 4) is 33.1 Å². The molecule has 0 spiro atoms. The third-order valence-corrected chi connectivity index (χ3v) is 5.09. The Morgan fingerprint density at radius 1 is 0.933 bits per heavy atom. The summed E-state index contributed by atoms with van der Waals surface area (Å²) in [5.74, 6) is -0.764. The number of pyridine rings is 1. The van der Waals surface area contributed by atoms with Gasteiger partial charge in [0.15, 0.2) is 11.5 Å². The largest absolute Gasteiger partial charge is 0.294 e. The molecule has 0 bridgehead atoms. The number of aromatic nitrogens is 5. The van der Waals surface area contributed by atoms with Crippen molar-refractivity contribution in [2.24, 2.45) is 0 Å². The van der Waals surface area contributed by atoms with Gasteiger partial charge in [-0.2, -0.15) is 5.10 Å². The van der Waals surface area contributed by atoms with E-state index in [4.69, 9.17) is 0 Å². The van der Waals surface area contributed by atoms with Crippen LogP contribution in [0.25, 0.3) is 38.7 Å². The van der Waals surface area contributed by atoms with E-state index in [1.54, 1.807) is 41.3 Å². The molecule has 0 aliphatic carbocycles. The molecule has 5 rings (SSSR count). The quantitative estimate of drug-likeness (QED) is 0.336. The van der Waals surface area contributed by atoms with Crippen molar-refractivity contribution in [1.29, 1.82) is 0 Å². The van der Waals surface area contributed by atoms with Crippen LogP contribution >= 0.6 is 48.6 Å². The molecule has 156 valence electrons. The molecule has 0 radical (unpaired) electrons. The van der Waals surface area contributed by atoms with E-state index in [2.05, 4.69) is 20.2 Å². The molecule has 30 heavy (non-hydrogen) atoms. The summed E-state index contributed by atoms with van der Waals surface area (Å²) in [5.41, 5.74) is 3.73. The summed E-state index contributed by atoms with van der Waals surface area (Å²) in [6.07, 6.45) is 6.74. The molecule has 1 N–H and O–H groups in total. The van der Waals surface area contributed by atoms with Crippen molar-refractivity contribution in [3.05, 3.63) is 72.1 Å². The maximum Gasteiger partial charge on any atom is 0.173 e. The zero-order valence-corrected chi connectivity index (χ0v) is 18.2. The molecule has 0 aliphatic rings. The molecule has 0 aliphatic heterocycles. The molecule has 4 heterocycles. The van der Waals surface area contributed by atoms with E-state index in [1.807, 2.05) is 5.38 Å². The summed E-state index contributed by atoms with van der Waals surface area (Å²) in [5, 5.41) is 9.62. The predicted molar refractivity (Wildman–Crippen MR) is 121 cm³/mol. The number of rotatable bonds is 3. The van der Waals surface area contributed by atoms with Crippen molar-refractivity contribution in [2.75, 3.05) is 0 Å². The van der Waals surface area contributed by atoms with Gasteiger partial charge in [-0.05, 0) is 30.3 Å². The van der Waals surface area contributed by atoms with Crippen LogP contribution in [0, 0.1) is 11.6 Å². The van der Waals surface area contributed by atoms with Crippen LogP contribution in [-0.2, 0) is 0 Å². The van der Waals surface area contributed by atoms with Crippen LogP contribution in [0.4, 0.5) is 8.78 Å². The third-order valence-electron chi connectivity index (χ3n) is 4.30. The fourth-order valence-electron chi connectivity index (χ4n) is 3.04. The van der Waals surface area contributed by atoms with E-state index < -0.39 is 5.82 Å². The summed E-state index contributed by atoms with van der Waals surface area (Å²) >= 11 is 1.46. The number of hydrogen-bond acceptors (Lipinski definition) is 4. The molecule has 0 unspecified atom stereocenters. The maximum atomic E-state index is 14.7. The highest BCUT2D eigenvalue weighted by Crippen LogP contribution is 2.33. The van der Waals surface area contributed by atoms with Gasteiger partial charge in [-0.15, -0.1) is 48.6 Å². The topological polar surface area (TPSA) is 58.9 Å². The summed E-state index contributed by atoms with van der Waals surface area (Å²) in [7, 11) is 0. The number of H-pyrrole nitrogens is 1. The first-order valence-electron chi connectivity index (χ1n) is 8.07. The number of imidazole rings is 1. The third kappa shape index (κ3) is 4.04. The van der Waals surface area contributed by atoms with Gasteiger partial charge in [-0.25, -0.2) is 18.7 Å². The van der Waals surface area contributed by atoms with Gasteiger partial charge >= 0.3 is 0 Å². The Morgan fingerprint density at radius 3 is 2.40 bits per heavy atom. The molecule has 5 aromatic rings. The van der Waals surface area contributed by atoms with Crippen LogP contribution in [0.2, 0.25) is 0 Å². The molecule has 4 aromatic heterocycles. The lowest BCUT2D eigenvalue weighted by Crippen LogP contribution is -1.94. The highest BCUT2D eigenvalue weighted by molar-refractivity contribution is 7.13. The van der Waals surface area contributed by atoms with E-state index >= 15 is 0 Å². The Hall–Kier alpha value is -2.52. The molecule has 1 aromatic carbocycles. The van der Waals surface area contributed by atoms with Crippen LogP contribution in [0.3, 0.4) is 0 Å². The van der Waals surface area contributed by atoms with Crippen LogP contribution in [0.5, 0.6) is 0 Å². The van der Waals surface area contributed by atoms with Gasteiger partial charge in [-0.1, -0.05) is 0 Å².